The van der Waals surface area contributed by atoms with Gasteiger partial charge in [-0.25, -0.2) is 0 Å². The Bertz CT molecular complexity index is 341. The fourth-order valence-corrected chi connectivity index (χ4v) is 3.36. The van der Waals surface area contributed by atoms with Gasteiger partial charge in [0.2, 0.25) is 0 Å². The Balaban J connectivity index is 0. The molecule has 1 rings (SSSR count). The zero-order valence-electron chi connectivity index (χ0n) is 11.3. The van der Waals surface area contributed by atoms with Crippen LogP contribution < -0.4 is 9.79 Å². The molecule has 2 atom stereocenters. The largest absolute Gasteiger partial charge is 2.00 e. The van der Waals surface area contributed by atoms with Crippen LogP contribution in [0.5, 0.6) is 0 Å². The minimum Gasteiger partial charge on any atom is -0.778 e. The van der Waals surface area contributed by atoms with E-state index in [0.29, 0.717) is 26.3 Å². The molecule has 0 aliphatic carbocycles. The van der Waals surface area contributed by atoms with E-state index >= 15 is 0 Å². The maximum atomic E-state index is 10.8. The number of ether oxygens (including phenoxy) is 1. The maximum absolute atomic E-state index is 10.8. The summed E-state index contributed by atoms with van der Waals surface area (Å²) >= 11 is 0. The van der Waals surface area contributed by atoms with Crippen LogP contribution in [-0.2, 0) is 30.9 Å². The van der Waals surface area contributed by atoms with E-state index in [1.165, 1.54) is 9.80 Å². The SMILES string of the molecule is O.O=P([O-])(O)CN1CCOCCN(CP(=O)([O-])O)CC1.[Mn+2]. The van der Waals surface area contributed by atoms with Crippen LogP contribution in [0.15, 0.2) is 0 Å². The van der Waals surface area contributed by atoms with E-state index in [4.69, 9.17) is 14.5 Å². The molecule has 10 nitrogen and oxygen atoms in total. The van der Waals surface area contributed by atoms with Gasteiger partial charge in [-0.05, 0) is 0 Å². The third kappa shape index (κ3) is 12.9. The van der Waals surface area contributed by atoms with Gasteiger partial charge in [0, 0.05) is 26.2 Å². The summed E-state index contributed by atoms with van der Waals surface area (Å²) in [6.45, 7) is 1.76. The van der Waals surface area contributed by atoms with Crippen molar-refractivity contribution in [1.82, 2.24) is 9.80 Å². The van der Waals surface area contributed by atoms with Crippen LogP contribution in [0.25, 0.3) is 0 Å². The Hall–Kier alpha value is 0.659. The third-order valence-electron chi connectivity index (χ3n) is 2.59. The second-order valence-electron chi connectivity index (χ2n) is 4.41. The Labute approximate surface area is 133 Å². The van der Waals surface area contributed by atoms with Crippen molar-refractivity contribution < 1.29 is 56.0 Å². The second-order valence-corrected chi connectivity index (χ2v) is 7.52. The standard InChI is InChI=1S/C8H20N2O7P2.Mn.H2O/c11-18(12,13)7-9-1-2-10(8-19(14,15)16)4-6-17-5-3-9;;/h1-8H2,(H2,11,12,13)(H2,14,15,16);;1H2/q;+2;/p-2. The molecule has 1 aliphatic rings. The molecular formula is C8H20MnN2O8P2. The summed E-state index contributed by atoms with van der Waals surface area (Å²) in [5.74, 6) is 0. The van der Waals surface area contributed by atoms with E-state index in [1.54, 1.807) is 0 Å². The Morgan fingerprint density at radius 2 is 1.24 bits per heavy atom. The summed E-state index contributed by atoms with van der Waals surface area (Å²) in [5, 5.41) is 0. The average molecular weight is 389 g/mol. The Kier molecular flexibility index (Phi) is 11.9. The molecule has 1 aliphatic heterocycles. The van der Waals surface area contributed by atoms with Crippen LogP contribution in [-0.4, -0.2) is 77.0 Å². The van der Waals surface area contributed by atoms with Crippen LogP contribution in [0.3, 0.4) is 0 Å². The van der Waals surface area contributed by atoms with Gasteiger partial charge in [-0.15, -0.1) is 0 Å². The molecule has 1 radical (unpaired) electrons. The van der Waals surface area contributed by atoms with Gasteiger partial charge in [-0.3, -0.25) is 9.80 Å². The average Bonchev–Trinajstić information content (AvgIpc) is 2.28. The van der Waals surface area contributed by atoms with Gasteiger partial charge in [0.05, 0.1) is 25.8 Å². The summed E-state index contributed by atoms with van der Waals surface area (Å²) < 4.78 is 26.9. The van der Waals surface area contributed by atoms with E-state index < -0.39 is 27.8 Å². The molecule has 21 heavy (non-hydrogen) atoms. The van der Waals surface area contributed by atoms with Gasteiger partial charge < -0.3 is 38.9 Å². The van der Waals surface area contributed by atoms with Crippen molar-refractivity contribution in [2.45, 2.75) is 0 Å². The van der Waals surface area contributed by atoms with Crippen LogP contribution in [0.1, 0.15) is 0 Å². The van der Waals surface area contributed by atoms with Gasteiger partial charge in [0.15, 0.2) is 0 Å². The molecule has 0 spiro atoms. The number of nitrogens with zero attached hydrogens (tertiary/aromatic N) is 2. The first-order valence-electron chi connectivity index (χ1n) is 5.74. The quantitative estimate of drug-likeness (QED) is 0.372. The Morgan fingerprint density at radius 1 is 0.905 bits per heavy atom. The zero-order chi connectivity index (χ0) is 14.5. The molecule has 4 N–H and O–H groups in total. The summed E-state index contributed by atoms with van der Waals surface area (Å²) in [5.41, 5.74) is 0. The summed E-state index contributed by atoms with van der Waals surface area (Å²) in [6, 6.07) is 0. The zero-order valence-corrected chi connectivity index (χ0v) is 14.2. The van der Waals surface area contributed by atoms with Crippen LogP contribution >= 0.6 is 15.2 Å². The van der Waals surface area contributed by atoms with Gasteiger partial charge in [0.1, 0.15) is 15.2 Å². The number of rotatable bonds is 4. The van der Waals surface area contributed by atoms with Gasteiger partial charge in [-0.2, -0.15) is 0 Å². The number of hydrogen-bond acceptors (Lipinski definition) is 7. The molecule has 1 fully saturated rings. The van der Waals surface area contributed by atoms with Gasteiger partial charge in [-0.1, -0.05) is 0 Å². The summed E-state index contributed by atoms with van der Waals surface area (Å²) in [6.07, 6.45) is -1.00. The number of hydrogen-bond donors (Lipinski definition) is 2. The van der Waals surface area contributed by atoms with E-state index in [0.717, 1.165) is 0 Å². The molecule has 13 heteroatoms. The molecule has 1 saturated heterocycles. The fraction of sp³-hybridized carbons (Fsp3) is 1.00. The van der Waals surface area contributed by atoms with E-state index in [2.05, 4.69) is 0 Å². The first-order chi connectivity index (χ1) is 8.66. The van der Waals surface area contributed by atoms with Crippen molar-refractivity contribution >= 4 is 15.2 Å². The van der Waals surface area contributed by atoms with E-state index in [1.807, 2.05) is 0 Å². The van der Waals surface area contributed by atoms with Crippen LogP contribution in [0, 0.1) is 0 Å². The van der Waals surface area contributed by atoms with E-state index in [9.17, 15) is 18.9 Å². The predicted octanol–water partition coefficient (Wildman–Crippen LogP) is -3.20. The summed E-state index contributed by atoms with van der Waals surface area (Å²) in [7, 11) is -8.81. The molecule has 0 saturated carbocycles. The van der Waals surface area contributed by atoms with Crippen molar-refractivity contribution in [1.29, 1.82) is 0 Å². The third-order valence-corrected chi connectivity index (χ3v) is 4.11. The molecule has 2 unspecified atom stereocenters. The topological polar surface area (TPSA) is 168 Å². The van der Waals surface area contributed by atoms with Gasteiger partial charge >= 0.3 is 17.1 Å². The maximum Gasteiger partial charge on any atom is 2.00 e. The van der Waals surface area contributed by atoms with Gasteiger partial charge in [0.25, 0.3) is 0 Å². The second kappa shape index (κ2) is 10.4. The normalized spacial score (nSPS) is 24.2. The monoisotopic (exact) mass is 389 g/mol. The van der Waals surface area contributed by atoms with Crippen molar-refractivity contribution in [3.05, 3.63) is 0 Å². The smallest absolute Gasteiger partial charge is 0.778 e. The molecule has 1 heterocycles. The fourth-order valence-electron chi connectivity index (χ4n) is 1.78. The summed E-state index contributed by atoms with van der Waals surface area (Å²) in [4.78, 5) is 42.3. The minimum absolute atomic E-state index is 0. The molecular weight excluding hydrogens is 369 g/mol. The molecule has 127 valence electrons. The van der Waals surface area contributed by atoms with E-state index in [-0.39, 0.29) is 35.6 Å². The molecule has 0 aromatic carbocycles. The predicted molar refractivity (Wildman–Crippen MR) is 67.0 cm³/mol. The molecule has 0 amide bonds. The Morgan fingerprint density at radius 3 is 1.52 bits per heavy atom. The molecule has 0 aromatic heterocycles. The van der Waals surface area contributed by atoms with Crippen molar-refractivity contribution in [3.63, 3.8) is 0 Å². The van der Waals surface area contributed by atoms with Crippen molar-refractivity contribution in [3.8, 4) is 0 Å². The van der Waals surface area contributed by atoms with Crippen molar-refractivity contribution in [2.24, 2.45) is 0 Å². The van der Waals surface area contributed by atoms with Crippen molar-refractivity contribution in [2.75, 3.05) is 52.0 Å². The molecule has 0 aromatic rings. The first kappa shape index (κ1) is 23.9. The molecule has 0 bridgehead atoms. The van der Waals surface area contributed by atoms with Crippen LogP contribution in [0.4, 0.5) is 0 Å². The van der Waals surface area contributed by atoms with Crippen LogP contribution in [0.2, 0.25) is 0 Å². The first-order valence-corrected chi connectivity index (χ1v) is 9.26. The minimum atomic E-state index is -4.41.